The lowest BCUT2D eigenvalue weighted by Gasteiger charge is -2.41. The van der Waals surface area contributed by atoms with Crippen LogP contribution in [0, 0.1) is 0 Å². The zero-order chi connectivity index (χ0) is 23.7. The third-order valence-corrected chi connectivity index (χ3v) is 14.4. The summed E-state index contributed by atoms with van der Waals surface area (Å²) in [4.78, 5) is 0. The second kappa shape index (κ2) is 8.88. The van der Waals surface area contributed by atoms with Crippen LogP contribution in [-0.2, 0) is 12.3 Å². The summed E-state index contributed by atoms with van der Waals surface area (Å²) >= 11 is 0. The van der Waals surface area contributed by atoms with E-state index in [1.807, 2.05) is 58.9 Å². The number of alkyl halides is 6. The molecule has 0 heterocycles. The molecule has 0 saturated carbocycles. The third-order valence-electron chi connectivity index (χ3n) is 3.02. The van der Waals surface area contributed by atoms with Crippen molar-refractivity contribution in [3.63, 3.8) is 0 Å². The summed E-state index contributed by atoms with van der Waals surface area (Å²) in [6.45, 7) is 16.4. The van der Waals surface area contributed by atoms with Gasteiger partial charge in [0.2, 0.25) is 0 Å². The quantitative estimate of drug-likeness (QED) is 0.319. The van der Waals surface area contributed by atoms with Crippen molar-refractivity contribution in [3.05, 3.63) is 11.8 Å². The molecule has 0 aliphatic heterocycles. The molecule has 0 rings (SSSR count). The number of aliphatic hydroxyl groups is 1. The molecule has 0 fully saturated rings. The molecule has 0 aromatic heterocycles. The zero-order valence-corrected chi connectivity index (χ0v) is 22.3. The smallest absolute Gasteiger partial charge is 0.414 e. The Labute approximate surface area is 173 Å². The number of halogens is 6. The van der Waals surface area contributed by atoms with E-state index in [2.05, 4.69) is 0 Å². The molecule has 1 N–H and O–H groups in total. The minimum Gasteiger partial charge on any atom is -0.414 e. The summed E-state index contributed by atoms with van der Waals surface area (Å²) in [6, 6.07) is 0. The fourth-order valence-corrected chi connectivity index (χ4v) is 15.3. The highest BCUT2D eigenvalue weighted by Gasteiger charge is 2.69. The normalized spacial score (nSPS) is 16.0. The standard InChI is InChI=1S/C15H32F6O4Si4/c1-26(2,3)23-29(24-27(4,5)6,25-28(7,8)9)12-10-11-13(22,14(16,17)18)15(19,20)21/h10,12,22H,11H2,1-9H3/b12-10-. The van der Waals surface area contributed by atoms with Crippen LogP contribution in [0.3, 0.4) is 0 Å². The first-order valence-corrected chi connectivity index (χ1v) is 21.0. The minimum absolute atomic E-state index is 0.633. The summed E-state index contributed by atoms with van der Waals surface area (Å²) < 4.78 is 96.2. The van der Waals surface area contributed by atoms with Crippen molar-refractivity contribution in [1.82, 2.24) is 0 Å². The molecule has 14 heteroatoms. The van der Waals surface area contributed by atoms with Crippen LogP contribution in [-0.4, -0.2) is 56.8 Å². The fraction of sp³-hybridized carbons (Fsp3) is 0.867. The molecule has 0 spiro atoms. The first-order chi connectivity index (χ1) is 12.3. The lowest BCUT2D eigenvalue weighted by Crippen LogP contribution is -2.60. The van der Waals surface area contributed by atoms with Gasteiger partial charge in [-0.2, -0.15) is 26.3 Å². The molecule has 0 aromatic rings. The van der Waals surface area contributed by atoms with Crippen LogP contribution in [0.25, 0.3) is 0 Å². The van der Waals surface area contributed by atoms with E-state index in [1.54, 1.807) is 0 Å². The van der Waals surface area contributed by atoms with Gasteiger partial charge in [0.15, 0.2) is 25.0 Å². The van der Waals surface area contributed by atoms with Crippen LogP contribution >= 0.6 is 0 Å². The van der Waals surface area contributed by atoms with Crippen molar-refractivity contribution in [3.8, 4) is 0 Å². The fourth-order valence-electron chi connectivity index (χ4n) is 2.21. The predicted octanol–water partition coefficient (Wildman–Crippen LogP) is 5.82. The average Bonchev–Trinajstić information content (AvgIpc) is 2.28. The largest absolute Gasteiger partial charge is 0.497 e. The molecule has 29 heavy (non-hydrogen) atoms. The molecule has 0 saturated heterocycles. The maximum absolute atomic E-state index is 13.0. The molecule has 0 aliphatic carbocycles. The monoisotopic (exact) mass is 502 g/mol. The summed E-state index contributed by atoms with van der Waals surface area (Å²) in [6.07, 6.45) is -12.9. The van der Waals surface area contributed by atoms with Crippen molar-refractivity contribution >= 4 is 33.8 Å². The van der Waals surface area contributed by atoms with E-state index >= 15 is 0 Å². The van der Waals surface area contributed by atoms with Gasteiger partial charge in [0.05, 0.1) is 0 Å². The highest BCUT2D eigenvalue weighted by molar-refractivity contribution is 6.92. The molecule has 0 bridgehead atoms. The first kappa shape index (κ1) is 29.0. The van der Waals surface area contributed by atoms with Gasteiger partial charge in [-0.3, -0.25) is 0 Å². The van der Waals surface area contributed by atoms with Crippen molar-refractivity contribution in [2.45, 2.75) is 83.3 Å². The molecule has 0 aromatic carbocycles. The maximum Gasteiger partial charge on any atom is 0.497 e. The Morgan fingerprint density at radius 3 is 1.14 bits per heavy atom. The lowest BCUT2D eigenvalue weighted by atomic mass is 9.98. The topological polar surface area (TPSA) is 47.9 Å². The van der Waals surface area contributed by atoms with Crippen molar-refractivity contribution in [2.75, 3.05) is 0 Å². The molecular weight excluding hydrogens is 470 g/mol. The Bertz CT molecular complexity index is 519. The van der Waals surface area contributed by atoms with Crippen LogP contribution in [0.2, 0.25) is 58.9 Å². The van der Waals surface area contributed by atoms with Crippen molar-refractivity contribution in [1.29, 1.82) is 0 Å². The SMILES string of the molecule is C[Si](C)(C)O[Si](/C=C\CC(O)(C(F)(F)F)C(F)(F)F)(O[Si](C)(C)C)O[Si](C)(C)C. The van der Waals surface area contributed by atoms with Gasteiger partial charge < -0.3 is 17.5 Å². The van der Waals surface area contributed by atoms with Gasteiger partial charge >= 0.3 is 21.2 Å². The van der Waals surface area contributed by atoms with Gasteiger partial charge in [-0.1, -0.05) is 6.08 Å². The number of hydrogen-bond donors (Lipinski definition) is 1. The van der Waals surface area contributed by atoms with Gasteiger partial charge in [0.1, 0.15) is 0 Å². The zero-order valence-electron chi connectivity index (χ0n) is 18.3. The van der Waals surface area contributed by atoms with Crippen LogP contribution in [0.1, 0.15) is 6.42 Å². The molecule has 174 valence electrons. The minimum atomic E-state index is -5.89. The van der Waals surface area contributed by atoms with E-state index in [0.29, 0.717) is 6.08 Å². The van der Waals surface area contributed by atoms with Crippen LogP contribution < -0.4 is 0 Å². The van der Waals surface area contributed by atoms with Gasteiger partial charge in [-0.25, -0.2) is 0 Å². The van der Waals surface area contributed by atoms with Crippen LogP contribution in [0.5, 0.6) is 0 Å². The summed E-state index contributed by atoms with van der Waals surface area (Å²) in [7, 11) is -10.9. The number of rotatable bonds is 9. The second-order valence-electron chi connectivity index (χ2n) is 9.71. The lowest BCUT2D eigenvalue weighted by molar-refractivity contribution is -0.366. The molecule has 0 amide bonds. The summed E-state index contributed by atoms with van der Waals surface area (Å²) in [5, 5.41) is 9.40. The maximum atomic E-state index is 13.0. The Morgan fingerprint density at radius 1 is 0.655 bits per heavy atom. The van der Waals surface area contributed by atoms with Crippen LogP contribution in [0.15, 0.2) is 11.8 Å². The average molecular weight is 503 g/mol. The molecule has 4 nitrogen and oxygen atoms in total. The molecule has 0 aliphatic rings. The predicted molar refractivity (Wildman–Crippen MR) is 110 cm³/mol. The van der Waals surface area contributed by atoms with Crippen molar-refractivity contribution in [2.24, 2.45) is 0 Å². The Morgan fingerprint density at radius 2 is 0.931 bits per heavy atom. The number of hydrogen-bond acceptors (Lipinski definition) is 4. The van der Waals surface area contributed by atoms with E-state index in [-0.39, 0.29) is 0 Å². The highest BCUT2D eigenvalue weighted by Crippen LogP contribution is 2.45. The van der Waals surface area contributed by atoms with Crippen molar-refractivity contribution < 1.29 is 43.8 Å². The summed E-state index contributed by atoms with van der Waals surface area (Å²) in [5.74, 6) is 0. The van der Waals surface area contributed by atoms with Gasteiger partial charge in [0.25, 0.3) is 5.60 Å². The molecule has 0 atom stereocenters. The molecule has 0 unspecified atom stereocenters. The Kier molecular flexibility index (Phi) is 8.88. The summed E-state index contributed by atoms with van der Waals surface area (Å²) in [5.41, 5.74) is -3.79. The Balaban J connectivity index is 6.26. The van der Waals surface area contributed by atoms with Gasteiger partial charge in [-0.15, -0.1) is 0 Å². The van der Waals surface area contributed by atoms with E-state index in [4.69, 9.17) is 12.3 Å². The highest BCUT2D eigenvalue weighted by atomic mass is 28.5. The molecule has 0 radical (unpaired) electrons. The third kappa shape index (κ3) is 9.79. The van der Waals surface area contributed by atoms with Gasteiger partial charge in [-0.05, 0) is 64.6 Å². The van der Waals surface area contributed by atoms with Gasteiger partial charge in [0, 0.05) is 6.42 Å². The Hall–Kier alpha value is 0.0275. The van der Waals surface area contributed by atoms with E-state index in [0.717, 1.165) is 5.70 Å². The molecular formula is C15H32F6O4Si4. The van der Waals surface area contributed by atoms with E-state index < -0.39 is 58.1 Å². The van der Waals surface area contributed by atoms with E-state index in [9.17, 15) is 31.4 Å². The van der Waals surface area contributed by atoms with Crippen LogP contribution in [0.4, 0.5) is 26.3 Å². The second-order valence-corrected chi connectivity index (χ2v) is 26.4. The first-order valence-electron chi connectivity index (χ1n) is 8.97. The van der Waals surface area contributed by atoms with E-state index in [1.165, 1.54) is 0 Å².